The molecule has 0 saturated heterocycles. The predicted molar refractivity (Wildman–Crippen MR) is 44.8 cm³/mol. The van der Waals surface area contributed by atoms with Crippen molar-refractivity contribution in [2.75, 3.05) is 7.11 Å². The number of benzene rings is 1. The van der Waals surface area contributed by atoms with Crippen molar-refractivity contribution in [1.82, 2.24) is 0 Å². The smallest absolute Gasteiger partial charge is 0.504 e. The molecule has 1 aromatic rings. The van der Waals surface area contributed by atoms with Crippen LogP contribution in [0.5, 0.6) is 11.5 Å². The molecule has 0 aliphatic heterocycles. The molecule has 0 heterocycles. The Morgan fingerprint density at radius 1 is 1.23 bits per heavy atom. The number of aromatic hydroxyl groups is 2. The van der Waals surface area contributed by atoms with E-state index in [0.717, 1.165) is 7.11 Å². The average Bonchev–Trinajstić information content (AvgIpc) is 2.11. The molecule has 0 atom stereocenters. The van der Waals surface area contributed by atoms with Crippen molar-refractivity contribution in [1.29, 1.82) is 0 Å². The largest absolute Gasteiger partial charge is 0.505 e. The lowest BCUT2D eigenvalue weighted by atomic mass is 10.3. The standard InChI is InChI=1S/C6H6O2.C2H4O3/c7-5-3-1-2-4-6(5)8;1-5-2(3)4/h1-4,7-8H;1H3,(H,3,4). The topological polar surface area (TPSA) is 87.0 Å². The second kappa shape index (κ2) is 5.70. The molecular weight excluding hydrogens is 176 g/mol. The van der Waals surface area contributed by atoms with Gasteiger partial charge in [-0.1, -0.05) is 12.1 Å². The van der Waals surface area contributed by atoms with Crippen LogP contribution in [0.4, 0.5) is 4.79 Å². The molecule has 0 amide bonds. The highest BCUT2D eigenvalue weighted by molar-refractivity contribution is 5.56. The summed E-state index contributed by atoms with van der Waals surface area (Å²) >= 11 is 0. The Hall–Kier alpha value is -1.91. The summed E-state index contributed by atoms with van der Waals surface area (Å²) in [6, 6.07) is 6.15. The fourth-order valence-corrected chi connectivity index (χ4v) is 0.464. The van der Waals surface area contributed by atoms with Gasteiger partial charge in [-0.25, -0.2) is 4.79 Å². The van der Waals surface area contributed by atoms with Crippen molar-refractivity contribution in [2.24, 2.45) is 0 Å². The van der Waals surface area contributed by atoms with Gasteiger partial charge in [0.1, 0.15) is 0 Å². The summed E-state index contributed by atoms with van der Waals surface area (Å²) in [6.07, 6.45) is -1.25. The molecule has 5 heteroatoms. The van der Waals surface area contributed by atoms with Gasteiger partial charge in [-0.05, 0) is 12.1 Å². The number of phenols is 2. The third-order valence-electron chi connectivity index (χ3n) is 1.06. The number of rotatable bonds is 0. The Kier molecular flexibility index (Phi) is 4.87. The summed E-state index contributed by atoms with van der Waals surface area (Å²) in [4.78, 5) is 9.15. The zero-order valence-electron chi connectivity index (χ0n) is 6.97. The number of ether oxygens (including phenoxy) is 1. The lowest BCUT2D eigenvalue weighted by molar-refractivity contribution is 0.114. The predicted octanol–water partition coefficient (Wildman–Crippen LogP) is 1.41. The first kappa shape index (κ1) is 11.1. The summed E-state index contributed by atoms with van der Waals surface area (Å²) in [5.41, 5.74) is 0. The molecule has 0 aliphatic rings. The number of phenolic OH excluding ortho intramolecular Hbond substituents is 2. The van der Waals surface area contributed by atoms with E-state index in [1.54, 1.807) is 12.1 Å². The third-order valence-corrected chi connectivity index (χ3v) is 1.06. The Morgan fingerprint density at radius 3 is 1.69 bits per heavy atom. The summed E-state index contributed by atoms with van der Waals surface area (Å²) in [5, 5.41) is 24.8. The van der Waals surface area contributed by atoms with Crippen molar-refractivity contribution in [3.8, 4) is 11.5 Å². The van der Waals surface area contributed by atoms with E-state index in [-0.39, 0.29) is 11.5 Å². The van der Waals surface area contributed by atoms with Crippen molar-refractivity contribution >= 4 is 6.16 Å². The average molecular weight is 186 g/mol. The van der Waals surface area contributed by atoms with Gasteiger partial charge in [-0.2, -0.15) is 0 Å². The minimum atomic E-state index is -1.25. The monoisotopic (exact) mass is 186 g/mol. The molecule has 5 nitrogen and oxygen atoms in total. The first-order chi connectivity index (χ1) is 6.07. The summed E-state index contributed by atoms with van der Waals surface area (Å²) in [6.45, 7) is 0. The van der Waals surface area contributed by atoms with E-state index in [0.29, 0.717) is 0 Å². The van der Waals surface area contributed by atoms with Crippen LogP contribution in [0, 0.1) is 0 Å². The van der Waals surface area contributed by atoms with Crippen LogP contribution in [0.2, 0.25) is 0 Å². The number of carboxylic acid groups (broad SMARTS) is 1. The Morgan fingerprint density at radius 2 is 1.54 bits per heavy atom. The maximum Gasteiger partial charge on any atom is 0.505 e. The van der Waals surface area contributed by atoms with Gasteiger partial charge in [0.05, 0.1) is 7.11 Å². The van der Waals surface area contributed by atoms with Crippen LogP contribution < -0.4 is 0 Å². The normalized spacial score (nSPS) is 8.08. The van der Waals surface area contributed by atoms with Gasteiger partial charge in [0.15, 0.2) is 11.5 Å². The summed E-state index contributed by atoms with van der Waals surface area (Å²) < 4.78 is 3.67. The summed E-state index contributed by atoms with van der Waals surface area (Å²) in [5.74, 6) is -0.153. The van der Waals surface area contributed by atoms with Crippen LogP contribution in [-0.2, 0) is 4.74 Å². The molecule has 1 rings (SSSR count). The van der Waals surface area contributed by atoms with Crippen LogP contribution in [0.1, 0.15) is 0 Å². The van der Waals surface area contributed by atoms with E-state index >= 15 is 0 Å². The first-order valence-corrected chi connectivity index (χ1v) is 3.31. The quantitative estimate of drug-likeness (QED) is 0.421. The Balaban J connectivity index is 0.000000252. The minimum absolute atomic E-state index is 0.0764. The summed E-state index contributed by atoms with van der Waals surface area (Å²) in [7, 11) is 1.10. The lowest BCUT2D eigenvalue weighted by Gasteiger charge is -1.91. The highest BCUT2D eigenvalue weighted by Gasteiger charge is 1.90. The molecule has 0 saturated carbocycles. The van der Waals surface area contributed by atoms with Crippen LogP contribution in [-0.4, -0.2) is 28.6 Å². The van der Waals surface area contributed by atoms with Gasteiger partial charge in [-0.15, -0.1) is 0 Å². The molecule has 0 spiro atoms. The van der Waals surface area contributed by atoms with E-state index in [1.165, 1.54) is 12.1 Å². The highest BCUT2D eigenvalue weighted by Crippen LogP contribution is 2.21. The maximum atomic E-state index is 9.15. The minimum Gasteiger partial charge on any atom is -0.504 e. The number of para-hydroxylation sites is 2. The Labute approximate surface area is 74.8 Å². The van der Waals surface area contributed by atoms with Gasteiger partial charge in [0.2, 0.25) is 0 Å². The van der Waals surface area contributed by atoms with Crippen molar-refractivity contribution < 1.29 is 24.9 Å². The second-order valence-corrected chi connectivity index (χ2v) is 1.96. The molecule has 0 aromatic heterocycles. The number of methoxy groups -OCH3 is 1. The van der Waals surface area contributed by atoms with Crippen LogP contribution in [0.3, 0.4) is 0 Å². The molecule has 0 unspecified atom stereocenters. The van der Waals surface area contributed by atoms with Crippen LogP contribution in [0.15, 0.2) is 24.3 Å². The molecule has 0 bridgehead atoms. The van der Waals surface area contributed by atoms with Gasteiger partial charge in [0.25, 0.3) is 0 Å². The van der Waals surface area contributed by atoms with Crippen molar-refractivity contribution in [3.05, 3.63) is 24.3 Å². The Bertz CT molecular complexity index is 250. The van der Waals surface area contributed by atoms with Crippen molar-refractivity contribution in [3.63, 3.8) is 0 Å². The van der Waals surface area contributed by atoms with E-state index in [2.05, 4.69) is 4.74 Å². The highest BCUT2D eigenvalue weighted by atomic mass is 16.6. The SMILES string of the molecule is COC(=O)O.Oc1ccccc1O. The number of carbonyl (C=O) groups is 1. The fraction of sp³-hybridized carbons (Fsp3) is 0.125. The van der Waals surface area contributed by atoms with E-state index in [9.17, 15) is 0 Å². The van der Waals surface area contributed by atoms with E-state index in [4.69, 9.17) is 20.1 Å². The molecule has 0 fully saturated rings. The molecule has 13 heavy (non-hydrogen) atoms. The van der Waals surface area contributed by atoms with Gasteiger partial charge in [0, 0.05) is 0 Å². The van der Waals surface area contributed by atoms with Gasteiger partial charge >= 0.3 is 6.16 Å². The lowest BCUT2D eigenvalue weighted by Crippen LogP contribution is -1.91. The molecule has 3 N–H and O–H groups in total. The molecule has 0 aliphatic carbocycles. The maximum absolute atomic E-state index is 9.15. The third kappa shape index (κ3) is 5.37. The molecule has 0 radical (unpaired) electrons. The first-order valence-electron chi connectivity index (χ1n) is 3.31. The molecule has 1 aromatic carbocycles. The van der Waals surface area contributed by atoms with Crippen LogP contribution >= 0.6 is 0 Å². The molecular formula is C8H10O5. The van der Waals surface area contributed by atoms with E-state index in [1.807, 2.05) is 0 Å². The number of hydrogen-bond acceptors (Lipinski definition) is 4. The zero-order chi connectivity index (χ0) is 10.3. The number of hydrogen-bond donors (Lipinski definition) is 3. The van der Waals surface area contributed by atoms with Gasteiger partial charge in [-0.3, -0.25) is 0 Å². The van der Waals surface area contributed by atoms with Crippen LogP contribution in [0.25, 0.3) is 0 Å². The van der Waals surface area contributed by atoms with Crippen molar-refractivity contribution in [2.45, 2.75) is 0 Å². The van der Waals surface area contributed by atoms with E-state index < -0.39 is 6.16 Å². The second-order valence-electron chi connectivity index (χ2n) is 1.96. The molecule has 72 valence electrons. The zero-order valence-corrected chi connectivity index (χ0v) is 6.97. The van der Waals surface area contributed by atoms with Gasteiger partial charge < -0.3 is 20.1 Å². The fourth-order valence-electron chi connectivity index (χ4n) is 0.464.